The van der Waals surface area contributed by atoms with Gasteiger partial charge in [-0.15, -0.1) is 21.5 Å². The highest BCUT2D eigenvalue weighted by molar-refractivity contribution is 7.15. The highest BCUT2D eigenvalue weighted by atomic mass is 32.1. The van der Waals surface area contributed by atoms with Crippen molar-refractivity contribution in [2.75, 3.05) is 72.4 Å². The van der Waals surface area contributed by atoms with Crippen LogP contribution in [0.5, 0.6) is 0 Å². The maximum absolute atomic E-state index is 12.9. The Morgan fingerprint density at radius 3 is 2.31 bits per heavy atom. The maximum atomic E-state index is 12.9. The number of nitrogens with one attached hydrogen (secondary N) is 2. The van der Waals surface area contributed by atoms with Crippen LogP contribution in [0.3, 0.4) is 0 Å². The lowest BCUT2D eigenvalue weighted by atomic mass is 10.2. The van der Waals surface area contributed by atoms with Crippen LogP contribution in [0.15, 0.2) is 29.6 Å². The molecule has 2 N–H and O–H groups in total. The molecule has 1 aromatic carbocycles. The van der Waals surface area contributed by atoms with Crippen LogP contribution in [-0.4, -0.2) is 73.4 Å². The van der Waals surface area contributed by atoms with Gasteiger partial charge in [0.25, 0.3) is 5.91 Å². The second-order valence-electron chi connectivity index (χ2n) is 8.09. The molecule has 0 spiro atoms. The number of rotatable bonds is 5. The van der Waals surface area contributed by atoms with Crippen LogP contribution in [0.1, 0.15) is 15.5 Å². The summed E-state index contributed by atoms with van der Waals surface area (Å²) in [7, 11) is 0. The van der Waals surface area contributed by atoms with E-state index in [1.807, 2.05) is 29.2 Å². The van der Waals surface area contributed by atoms with Crippen molar-refractivity contribution in [3.8, 4) is 0 Å². The molecule has 1 amide bonds. The van der Waals surface area contributed by atoms with E-state index in [9.17, 15) is 18.0 Å². The molecule has 9 nitrogen and oxygen atoms in total. The Hall–Kier alpha value is -2.97. The van der Waals surface area contributed by atoms with Crippen LogP contribution < -0.4 is 25.3 Å². The van der Waals surface area contributed by atoms with Gasteiger partial charge in [-0.25, -0.2) is 4.98 Å². The second-order valence-corrected chi connectivity index (χ2v) is 9.88. The Labute approximate surface area is 207 Å². The summed E-state index contributed by atoms with van der Waals surface area (Å²) in [4.78, 5) is 23.5. The number of para-hydroxylation sites is 2. The highest BCUT2D eigenvalue weighted by Gasteiger charge is 2.36. The molecule has 4 heterocycles. The molecule has 186 valence electrons. The third-order valence-corrected chi connectivity index (χ3v) is 7.74. The number of carbonyl (C=O) groups excluding carboxylic acids is 1. The van der Waals surface area contributed by atoms with Gasteiger partial charge in [0.1, 0.15) is 5.69 Å². The summed E-state index contributed by atoms with van der Waals surface area (Å²) in [6.45, 7) is 5.63. The van der Waals surface area contributed by atoms with E-state index < -0.39 is 11.2 Å². The lowest BCUT2D eigenvalue weighted by molar-refractivity contribution is -0.138. The molecule has 0 saturated carbocycles. The topological polar surface area (TPSA) is 89.5 Å². The minimum atomic E-state index is -4.49. The Balaban J connectivity index is 1.20. The number of alkyl halides is 3. The number of nitrogens with zero attached hydrogens (tertiary/aromatic N) is 6. The number of benzene rings is 1. The van der Waals surface area contributed by atoms with E-state index in [1.54, 1.807) is 10.3 Å². The fraction of sp³-hybridized carbons (Fsp3) is 0.429. The minimum absolute atomic E-state index is 0.263. The lowest BCUT2D eigenvalue weighted by Crippen LogP contribution is -2.46. The average Bonchev–Trinajstić information content (AvgIpc) is 3.56. The molecule has 2 saturated heterocycles. The molecule has 2 fully saturated rings. The summed E-state index contributed by atoms with van der Waals surface area (Å²) in [5, 5.41) is 15.0. The normalized spacial score (nSPS) is 17.1. The van der Waals surface area contributed by atoms with E-state index in [2.05, 4.69) is 30.7 Å². The second kappa shape index (κ2) is 9.95. The van der Waals surface area contributed by atoms with Gasteiger partial charge in [0, 0.05) is 57.7 Å². The molecule has 3 aromatic rings. The van der Waals surface area contributed by atoms with E-state index in [4.69, 9.17) is 0 Å². The smallest absolute Gasteiger partial charge is 0.367 e. The highest BCUT2D eigenvalue weighted by Crippen LogP contribution is 2.35. The zero-order valence-corrected chi connectivity index (χ0v) is 20.2. The Kier molecular flexibility index (Phi) is 6.75. The van der Waals surface area contributed by atoms with Crippen molar-refractivity contribution in [1.82, 2.24) is 20.5 Å². The van der Waals surface area contributed by atoms with Crippen molar-refractivity contribution in [3.05, 3.63) is 40.3 Å². The van der Waals surface area contributed by atoms with Crippen LogP contribution in [0, 0.1) is 0 Å². The standard InChI is InChI=1S/C21H23F3N8OS2/c22-21(23,24)18-28-29-20(35-18)32-11-9-31(10-12-32)19-27-15(13-34-19)17(33)26-14-3-1-2-4-16(14)30-7-5-25-6-8-30/h1-4,13,25H,5-12H2,(H,26,33). The number of amides is 1. The summed E-state index contributed by atoms with van der Waals surface area (Å²) in [5.74, 6) is -0.276. The van der Waals surface area contributed by atoms with Gasteiger partial charge in [-0.2, -0.15) is 13.2 Å². The molecule has 2 aliphatic rings. The van der Waals surface area contributed by atoms with Gasteiger partial charge >= 0.3 is 6.18 Å². The molecule has 0 unspecified atom stereocenters. The van der Waals surface area contributed by atoms with Crippen LogP contribution in [-0.2, 0) is 6.18 Å². The molecule has 0 aliphatic carbocycles. The average molecular weight is 525 g/mol. The lowest BCUT2D eigenvalue weighted by Gasteiger charge is -2.34. The largest absolute Gasteiger partial charge is 0.445 e. The van der Waals surface area contributed by atoms with Crippen LogP contribution in [0.25, 0.3) is 0 Å². The molecule has 35 heavy (non-hydrogen) atoms. The molecular formula is C21H23F3N8OS2. The van der Waals surface area contributed by atoms with Gasteiger partial charge in [0.2, 0.25) is 10.1 Å². The van der Waals surface area contributed by atoms with Crippen molar-refractivity contribution in [2.45, 2.75) is 6.18 Å². The van der Waals surface area contributed by atoms with E-state index >= 15 is 0 Å². The molecular weight excluding hydrogens is 501 g/mol. The van der Waals surface area contributed by atoms with Crippen molar-refractivity contribution in [3.63, 3.8) is 0 Å². The number of hydrogen-bond donors (Lipinski definition) is 2. The zero-order valence-electron chi connectivity index (χ0n) is 18.6. The van der Waals surface area contributed by atoms with Gasteiger partial charge in [0.05, 0.1) is 11.4 Å². The third kappa shape index (κ3) is 5.33. The molecule has 5 rings (SSSR count). The van der Waals surface area contributed by atoms with Crippen molar-refractivity contribution < 1.29 is 18.0 Å². The Morgan fingerprint density at radius 2 is 1.63 bits per heavy atom. The van der Waals surface area contributed by atoms with Crippen LogP contribution in [0.2, 0.25) is 0 Å². The van der Waals surface area contributed by atoms with Crippen molar-refractivity contribution in [2.24, 2.45) is 0 Å². The van der Waals surface area contributed by atoms with E-state index in [0.717, 1.165) is 37.6 Å². The maximum Gasteiger partial charge on any atom is 0.445 e. The number of aromatic nitrogens is 3. The van der Waals surface area contributed by atoms with Crippen molar-refractivity contribution in [1.29, 1.82) is 0 Å². The SMILES string of the molecule is O=C(Nc1ccccc1N1CCNCC1)c1csc(N2CCN(c3nnc(C(F)(F)F)s3)CC2)n1. The fourth-order valence-corrected chi connectivity index (χ4v) is 5.63. The van der Waals surface area contributed by atoms with Crippen LogP contribution >= 0.6 is 22.7 Å². The Morgan fingerprint density at radius 1 is 0.943 bits per heavy atom. The number of carbonyl (C=O) groups is 1. The van der Waals surface area contributed by atoms with Crippen molar-refractivity contribution >= 4 is 50.2 Å². The first-order valence-electron chi connectivity index (χ1n) is 11.1. The molecule has 0 atom stereocenters. The summed E-state index contributed by atoms with van der Waals surface area (Å²) in [6, 6.07) is 7.74. The monoisotopic (exact) mass is 524 g/mol. The number of halogens is 3. The van der Waals surface area contributed by atoms with E-state index in [0.29, 0.717) is 48.3 Å². The van der Waals surface area contributed by atoms with E-state index in [1.165, 1.54) is 11.3 Å². The van der Waals surface area contributed by atoms with Gasteiger partial charge < -0.3 is 25.3 Å². The number of piperazine rings is 2. The first kappa shape index (κ1) is 23.8. The fourth-order valence-electron chi connectivity index (χ4n) is 4.01. The predicted octanol–water partition coefficient (Wildman–Crippen LogP) is 3.00. The third-order valence-electron chi connectivity index (χ3n) is 5.81. The minimum Gasteiger partial charge on any atom is -0.367 e. The molecule has 2 aliphatic heterocycles. The number of anilines is 4. The molecule has 2 aromatic heterocycles. The molecule has 0 bridgehead atoms. The summed E-state index contributed by atoms with van der Waals surface area (Å²) in [6.07, 6.45) is -4.49. The molecule has 0 radical (unpaired) electrons. The summed E-state index contributed by atoms with van der Waals surface area (Å²) < 4.78 is 38.4. The van der Waals surface area contributed by atoms with Gasteiger partial charge in [-0.1, -0.05) is 23.5 Å². The number of hydrogen-bond acceptors (Lipinski definition) is 10. The summed E-state index contributed by atoms with van der Waals surface area (Å²) >= 11 is 1.93. The van der Waals surface area contributed by atoms with Gasteiger partial charge in [-0.05, 0) is 12.1 Å². The first-order chi connectivity index (χ1) is 16.9. The van der Waals surface area contributed by atoms with E-state index in [-0.39, 0.29) is 11.0 Å². The quantitative estimate of drug-likeness (QED) is 0.527. The molecule has 14 heteroatoms. The zero-order chi connectivity index (χ0) is 24.4. The summed E-state index contributed by atoms with van der Waals surface area (Å²) in [5.41, 5.74) is 2.07. The van der Waals surface area contributed by atoms with Gasteiger partial charge in [0.15, 0.2) is 5.13 Å². The Bertz CT molecular complexity index is 1170. The first-order valence-corrected chi connectivity index (χ1v) is 12.8. The van der Waals surface area contributed by atoms with Gasteiger partial charge in [-0.3, -0.25) is 4.79 Å². The predicted molar refractivity (Wildman–Crippen MR) is 131 cm³/mol. The van der Waals surface area contributed by atoms with Crippen LogP contribution in [0.4, 0.5) is 34.8 Å². The number of thiazole rings is 1.